The Kier molecular flexibility index (Phi) is 4.21. The Balaban J connectivity index is 1.45. The number of carbonyl (C=O) groups excluding carboxylic acids is 1. The number of hydrogen-bond acceptors (Lipinski definition) is 4. The molecule has 1 N–H and O–H groups in total. The zero-order valence-electron chi connectivity index (χ0n) is 11.7. The van der Waals surface area contributed by atoms with Gasteiger partial charge in [-0.2, -0.15) is 0 Å². The SMILES string of the molecule is C[C@@H]1CN(C(=O)NCCc2nccs2)C[C@H](C2CC2)O1. The van der Waals surface area contributed by atoms with E-state index >= 15 is 0 Å². The second-order valence-electron chi connectivity index (χ2n) is 5.64. The van der Waals surface area contributed by atoms with E-state index in [0.29, 0.717) is 19.0 Å². The molecule has 0 spiro atoms. The third-order valence-electron chi connectivity index (χ3n) is 3.82. The highest BCUT2D eigenvalue weighted by atomic mass is 32.1. The fourth-order valence-electron chi connectivity index (χ4n) is 2.65. The van der Waals surface area contributed by atoms with E-state index in [-0.39, 0.29) is 18.2 Å². The second-order valence-corrected chi connectivity index (χ2v) is 6.61. The van der Waals surface area contributed by atoms with E-state index in [2.05, 4.69) is 10.3 Å². The van der Waals surface area contributed by atoms with Gasteiger partial charge in [-0.05, 0) is 25.7 Å². The number of amides is 2. The topological polar surface area (TPSA) is 54.5 Å². The van der Waals surface area contributed by atoms with Gasteiger partial charge in [0.15, 0.2) is 0 Å². The number of urea groups is 1. The summed E-state index contributed by atoms with van der Waals surface area (Å²) in [5.41, 5.74) is 0. The lowest BCUT2D eigenvalue weighted by Gasteiger charge is -2.37. The maximum Gasteiger partial charge on any atom is 0.317 e. The van der Waals surface area contributed by atoms with Gasteiger partial charge in [0.25, 0.3) is 0 Å². The molecule has 1 aromatic rings. The Bertz CT molecular complexity index is 447. The number of nitrogens with one attached hydrogen (secondary N) is 1. The van der Waals surface area contributed by atoms with Crippen LogP contribution in [0.2, 0.25) is 0 Å². The summed E-state index contributed by atoms with van der Waals surface area (Å²) < 4.78 is 5.92. The summed E-state index contributed by atoms with van der Waals surface area (Å²) in [6.45, 7) is 4.11. The van der Waals surface area contributed by atoms with Crippen LogP contribution in [0.4, 0.5) is 4.79 Å². The van der Waals surface area contributed by atoms with Gasteiger partial charge in [0.2, 0.25) is 0 Å². The lowest BCUT2D eigenvalue weighted by atomic mass is 10.1. The molecule has 5 nitrogen and oxygen atoms in total. The largest absolute Gasteiger partial charge is 0.371 e. The van der Waals surface area contributed by atoms with Gasteiger partial charge < -0.3 is 15.0 Å². The minimum absolute atomic E-state index is 0.0300. The van der Waals surface area contributed by atoms with Gasteiger partial charge in [0, 0.05) is 37.6 Å². The van der Waals surface area contributed by atoms with E-state index in [1.807, 2.05) is 17.2 Å². The Morgan fingerprint density at radius 1 is 1.55 bits per heavy atom. The van der Waals surface area contributed by atoms with Crippen LogP contribution in [0.15, 0.2) is 11.6 Å². The van der Waals surface area contributed by atoms with Gasteiger partial charge in [-0.3, -0.25) is 0 Å². The van der Waals surface area contributed by atoms with Crippen molar-refractivity contribution in [2.24, 2.45) is 5.92 Å². The van der Waals surface area contributed by atoms with Crippen molar-refractivity contribution in [2.45, 2.75) is 38.4 Å². The van der Waals surface area contributed by atoms with Crippen LogP contribution in [0, 0.1) is 5.92 Å². The van der Waals surface area contributed by atoms with Crippen molar-refractivity contribution >= 4 is 17.4 Å². The molecule has 20 heavy (non-hydrogen) atoms. The van der Waals surface area contributed by atoms with E-state index < -0.39 is 0 Å². The molecule has 3 rings (SSSR count). The molecular formula is C14H21N3O2S. The highest BCUT2D eigenvalue weighted by molar-refractivity contribution is 7.09. The first-order chi connectivity index (χ1) is 9.72. The molecule has 1 saturated carbocycles. The number of morpholine rings is 1. The van der Waals surface area contributed by atoms with Gasteiger partial charge in [0.05, 0.1) is 17.2 Å². The highest BCUT2D eigenvalue weighted by Crippen LogP contribution is 2.36. The van der Waals surface area contributed by atoms with E-state index in [1.165, 1.54) is 12.8 Å². The van der Waals surface area contributed by atoms with Crippen LogP contribution < -0.4 is 5.32 Å². The lowest BCUT2D eigenvalue weighted by molar-refractivity contribution is -0.0730. The molecule has 0 unspecified atom stereocenters. The molecule has 2 heterocycles. The third-order valence-corrected chi connectivity index (χ3v) is 4.66. The molecule has 2 amide bonds. The number of ether oxygens (including phenoxy) is 1. The van der Waals surface area contributed by atoms with Crippen molar-refractivity contribution in [3.05, 3.63) is 16.6 Å². The maximum absolute atomic E-state index is 12.2. The molecule has 6 heteroatoms. The monoisotopic (exact) mass is 295 g/mol. The number of thiazole rings is 1. The van der Waals surface area contributed by atoms with Gasteiger partial charge in [0.1, 0.15) is 0 Å². The molecule has 0 bridgehead atoms. The first-order valence-corrected chi connectivity index (χ1v) is 8.17. The lowest BCUT2D eigenvalue weighted by Crippen LogP contribution is -2.53. The fraction of sp³-hybridized carbons (Fsp3) is 0.714. The average molecular weight is 295 g/mol. The normalized spacial score (nSPS) is 26.6. The van der Waals surface area contributed by atoms with E-state index in [0.717, 1.165) is 18.0 Å². The van der Waals surface area contributed by atoms with E-state index in [9.17, 15) is 4.79 Å². The first kappa shape index (κ1) is 13.8. The Hall–Kier alpha value is -1.14. The van der Waals surface area contributed by atoms with Crippen LogP contribution in [0.25, 0.3) is 0 Å². The van der Waals surface area contributed by atoms with E-state index in [1.54, 1.807) is 17.5 Å². The van der Waals surface area contributed by atoms with Gasteiger partial charge >= 0.3 is 6.03 Å². The predicted molar refractivity (Wildman–Crippen MR) is 77.8 cm³/mol. The van der Waals surface area contributed by atoms with Crippen molar-refractivity contribution in [3.63, 3.8) is 0 Å². The Morgan fingerprint density at radius 2 is 2.40 bits per heavy atom. The summed E-state index contributed by atoms with van der Waals surface area (Å²) >= 11 is 1.63. The first-order valence-electron chi connectivity index (χ1n) is 7.29. The molecular weight excluding hydrogens is 274 g/mol. The highest BCUT2D eigenvalue weighted by Gasteiger charge is 2.38. The molecule has 0 radical (unpaired) electrons. The van der Waals surface area contributed by atoms with Crippen molar-refractivity contribution in [3.8, 4) is 0 Å². The number of carbonyl (C=O) groups is 1. The van der Waals surface area contributed by atoms with Crippen LogP contribution in [-0.2, 0) is 11.2 Å². The Labute approximate surface area is 123 Å². The molecule has 110 valence electrons. The Morgan fingerprint density at radius 3 is 3.10 bits per heavy atom. The summed E-state index contributed by atoms with van der Waals surface area (Å²) in [6.07, 6.45) is 5.47. The van der Waals surface area contributed by atoms with E-state index in [4.69, 9.17) is 4.74 Å². The zero-order chi connectivity index (χ0) is 13.9. The zero-order valence-corrected chi connectivity index (χ0v) is 12.6. The molecule has 2 atom stereocenters. The van der Waals surface area contributed by atoms with Gasteiger partial charge in [-0.15, -0.1) is 11.3 Å². The summed E-state index contributed by atoms with van der Waals surface area (Å²) in [5, 5.41) is 6.01. The van der Waals surface area contributed by atoms with Crippen molar-refractivity contribution in [2.75, 3.05) is 19.6 Å². The number of aromatic nitrogens is 1. The smallest absolute Gasteiger partial charge is 0.317 e. The fourth-order valence-corrected chi connectivity index (χ4v) is 3.27. The molecule has 1 saturated heterocycles. The summed E-state index contributed by atoms with van der Waals surface area (Å²) in [4.78, 5) is 18.3. The number of rotatable bonds is 4. The molecule has 1 aliphatic heterocycles. The maximum atomic E-state index is 12.2. The minimum Gasteiger partial charge on any atom is -0.371 e. The van der Waals surface area contributed by atoms with Crippen molar-refractivity contribution in [1.29, 1.82) is 0 Å². The second kappa shape index (κ2) is 6.10. The molecule has 2 aliphatic rings. The molecule has 2 fully saturated rings. The average Bonchev–Trinajstić information content (AvgIpc) is 3.16. The number of hydrogen-bond donors (Lipinski definition) is 1. The predicted octanol–water partition coefficient (Wildman–Crippen LogP) is 1.89. The summed E-state index contributed by atoms with van der Waals surface area (Å²) in [6, 6.07) is 0.0300. The number of nitrogens with zero attached hydrogens (tertiary/aromatic N) is 2. The van der Waals surface area contributed by atoms with Crippen LogP contribution in [-0.4, -0.2) is 47.8 Å². The van der Waals surface area contributed by atoms with Gasteiger partial charge in [-0.1, -0.05) is 0 Å². The van der Waals surface area contributed by atoms with Gasteiger partial charge in [-0.25, -0.2) is 9.78 Å². The van der Waals surface area contributed by atoms with Crippen LogP contribution in [0.3, 0.4) is 0 Å². The summed E-state index contributed by atoms with van der Waals surface area (Å²) in [7, 11) is 0. The van der Waals surface area contributed by atoms with Crippen molar-refractivity contribution in [1.82, 2.24) is 15.2 Å². The standard InChI is InChI=1S/C14H21N3O2S/c1-10-8-17(9-12(19-10)11-2-3-11)14(18)16-5-4-13-15-6-7-20-13/h6-7,10-12H,2-5,8-9H2,1H3,(H,16,18)/t10-,12-/m1/s1. The summed E-state index contributed by atoms with van der Waals surface area (Å²) in [5.74, 6) is 0.670. The minimum atomic E-state index is 0.0300. The third kappa shape index (κ3) is 3.49. The van der Waals surface area contributed by atoms with Crippen LogP contribution in [0.5, 0.6) is 0 Å². The molecule has 1 aromatic heterocycles. The van der Waals surface area contributed by atoms with Crippen LogP contribution in [0.1, 0.15) is 24.8 Å². The van der Waals surface area contributed by atoms with Crippen molar-refractivity contribution < 1.29 is 9.53 Å². The quantitative estimate of drug-likeness (QED) is 0.923. The molecule has 1 aliphatic carbocycles. The van der Waals surface area contributed by atoms with Crippen LogP contribution >= 0.6 is 11.3 Å². The molecule has 0 aromatic carbocycles.